The van der Waals surface area contributed by atoms with Crippen LogP contribution >= 0.6 is 0 Å². The normalized spacial score (nSPS) is 18.5. The first-order valence-electron chi connectivity index (χ1n) is 2.91. The predicted molar refractivity (Wildman–Crippen MR) is 32.8 cm³/mol. The van der Waals surface area contributed by atoms with Crippen LogP contribution in [-0.2, 0) is 0 Å². The Morgan fingerprint density at radius 3 is 1.62 bits per heavy atom. The number of nitroso groups, excluding NO2 is 1. The van der Waals surface area contributed by atoms with Gasteiger partial charge >= 0.3 is 0 Å². The molecular weight excluding hydrogens is 104 g/mol. The third kappa shape index (κ3) is 3.74. The van der Waals surface area contributed by atoms with Gasteiger partial charge in [0, 0.05) is 0 Å². The van der Waals surface area contributed by atoms with E-state index >= 15 is 0 Å². The molecule has 8 heavy (non-hydrogen) atoms. The average molecular weight is 116 g/mol. The van der Waals surface area contributed by atoms with E-state index in [0.717, 1.165) is 0 Å². The minimum atomic E-state index is 1.25. The van der Waals surface area contributed by atoms with Gasteiger partial charge in [-0.1, -0.05) is 12.0 Å². The molecular formula is C5H12N2O. The van der Waals surface area contributed by atoms with Crippen LogP contribution in [0.15, 0.2) is 0 Å². The van der Waals surface area contributed by atoms with Crippen LogP contribution in [0, 0.1) is 10.5 Å². The third-order valence-electron chi connectivity index (χ3n) is 1.21. The lowest BCUT2D eigenvalue weighted by atomic mass is 10.2. The number of nitrogens with one attached hydrogen (secondary N) is 2. The van der Waals surface area contributed by atoms with E-state index in [2.05, 4.69) is 10.9 Å². The molecule has 0 radical (unpaired) electrons. The SMILES string of the molecule is C1CCNCC1.N=O. The van der Waals surface area contributed by atoms with Crippen molar-refractivity contribution in [2.75, 3.05) is 13.1 Å². The quantitative estimate of drug-likeness (QED) is 0.465. The molecule has 0 aromatic rings. The molecule has 1 aliphatic heterocycles. The second kappa shape index (κ2) is 6.56. The number of hydrogen-bond acceptors (Lipinski definition) is 3. The highest BCUT2D eigenvalue weighted by atomic mass is 16.2. The van der Waals surface area contributed by atoms with Crippen molar-refractivity contribution in [2.45, 2.75) is 19.3 Å². The fourth-order valence-corrected chi connectivity index (χ4v) is 0.802. The highest BCUT2D eigenvalue weighted by Gasteiger charge is 1.93. The topological polar surface area (TPSA) is 53.0 Å². The molecule has 0 spiro atoms. The molecule has 3 nitrogen and oxygen atoms in total. The number of hydrogen-bond donors (Lipinski definition) is 2. The predicted octanol–water partition coefficient (Wildman–Crippen LogP) is 1.09. The Morgan fingerprint density at radius 1 is 1.00 bits per heavy atom. The summed E-state index contributed by atoms with van der Waals surface area (Å²) in [7, 11) is 0. The summed E-state index contributed by atoms with van der Waals surface area (Å²) in [5, 5.41) is 3.28. The summed E-state index contributed by atoms with van der Waals surface area (Å²) < 4.78 is 0. The average Bonchev–Trinajstić information content (AvgIpc) is 1.96. The van der Waals surface area contributed by atoms with Gasteiger partial charge in [-0.3, -0.25) is 0 Å². The molecule has 1 rings (SSSR count). The molecule has 0 saturated carbocycles. The van der Waals surface area contributed by atoms with Gasteiger partial charge in [-0.15, -0.1) is 0 Å². The molecule has 0 aliphatic carbocycles. The van der Waals surface area contributed by atoms with Crippen LogP contribution < -0.4 is 5.32 Å². The zero-order valence-electron chi connectivity index (χ0n) is 4.94. The fourth-order valence-electron chi connectivity index (χ4n) is 0.802. The Labute approximate surface area is 49.2 Å². The Kier molecular flexibility index (Phi) is 6.20. The van der Waals surface area contributed by atoms with Crippen LogP contribution in [0.5, 0.6) is 0 Å². The molecule has 0 amide bonds. The molecule has 0 unspecified atom stereocenters. The van der Waals surface area contributed by atoms with Crippen LogP contribution in [0.4, 0.5) is 0 Å². The zero-order chi connectivity index (χ0) is 6.24. The van der Waals surface area contributed by atoms with Gasteiger partial charge in [-0.2, -0.15) is 4.91 Å². The van der Waals surface area contributed by atoms with Gasteiger partial charge < -0.3 is 5.32 Å². The Balaban J connectivity index is 0.000000222. The van der Waals surface area contributed by atoms with E-state index in [1.54, 1.807) is 0 Å². The summed E-state index contributed by atoms with van der Waals surface area (Å²) >= 11 is 0. The van der Waals surface area contributed by atoms with Crippen molar-refractivity contribution in [3.05, 3.63) is 4.91 Å². The van der Waals surface area contributed by atoms with Crippen LogP contribution in [0.3, 0.4) is 0 Å². The molecule has 1 fully saturated rings. The smallest absolute Gasteiger partial charge is 0.00489 e. The van der Waals surface area contributed by atoms with Crippen molar-refractivity contribution in [3.63, 3.8) is 0 Å². The molecule has 1 heterocycles. The first kappa shape index (κ1) is 7.56. The molecule has 2 N–H and O–H groups in total. The van der Waals surface area contributed by atoms with Crippen molar-refractivity contribution < 1.29 is 0 Å². The molecule has 0 bridgehead atoms. The maximum atomic E-state index is 7.50. The lowest BCUT2D eigenvalue weighted by Crippen LogP contribution is -2.21. The van der Waals surface area contributed by atoms with Gasteiger partial charge in [0.15, 0.2) is 0 Å². The van der Waals surface area contributed by atoms with Gasteiger partial charge in [-0.25, -0.2) is 0 Å². The minimum Gasteiger partial charge on any atom is -0.317 e. The molecule has 3 heteroatoms. The van der Waals surface area contributed by atoms with Crippen molar-refractivity contribution >= 4 is 0 Å². The standard InChI is InChI=1S/C5H11N.HNO/c1-2-4-6-5-3-1;1-2/h6H,1-5H2;1H. The van der Waals surface area contributed by atoms with Crippen molar-refractivity contribution in [1.82, 2.24) is 5.32 Å². The summed E-state index contributed by atoms with van der Waals surface area (Å²) in [5.41, 5.74) is 4.50. The molecule has 1 saturated heterocycles. The molecule has 1 aliphatic rings. The maximum absolute atomic E-state index is 7.50. The summed E-state index contributed by atoms with van der Waals surface area (Å²) in [6, 6.07) is 0. The number of piperidine rings is 1. The number of rotatable bonds is 0. The lowest BCUT2D eigenvalue weighted by molar-refractivity contribution is 0.520. The monoisotopic (exact) mass is 116 g/mol. The van der Waals surface area contributed by atoms with Crippen LogP contribution in [0.1, 0.15) is 19.3 Å². The summed E-state index contributed by atoms with van der Waals surface area (Å²) in [6.45, 7) is 2.50. The fraction of sp³-hybridized carbons (Fsp3) is 1.00. The van der Waals surface area contributed by atoms with Gasteiger partial charge in [-0.05, 0) is 25.9 Å². The molecule has 0 atom stereocenters. The summed E-state index contributed by atoms with van der Waals surface area (Å²) in [5.74, 6) is 0. The van der Waals surface area contributed by atoms with Crippen LogP contribution in [-0.4, -0.2) is 13.1 Å². The van der Waals surface area contributed by atoms with Gasteiger partial charge in [0.25, 0.3) is 0 Å². The zero-order valence-corrected chi connectivity index (χ0v) is 4.94. The summed E-state index contributed by atoms with van der Waals surface area (Å²) in [4.78, 5) is 7.50. The molecule has 0 aromatic heterocycles. The first-order chi connectivity index (χ1) is 4.00. The molecule has 48 valence electrons. The third-order valence-corrected chi connectivity index (χ3v) is 1.21. The van der Waals surface area contributed by atoms with Crippen LogP contribution in [0.25, 0.3) is 0 Å². The van der Waals surface area contributed by atoms with Crippen molar-refractivity contribution in [2.24, 2.45) is 0 Å². The van der Waals surface area contributed by atoms with E-state index in [1.807, 2.05) is 0 Å². The second-order valence-corrected chi connectivity index (χ2v) is 1.81. The van der Waals surface area contributed by atoms with Gasteiger partial charge in [0.1, 0.15) is 0 Å². The summed E-state index contributed by atoms with van der Waals surface area (Å²) in [6.07, 6.45) is 4.22. The highest BCUT2D eigenvalue weighted by molar-refractivity contribution is 4.55. The van der Waals surface area contributed by atoms with Gasteiger partial charge in [0.2, 0.25) is 0 Å². The Bertz CT molecular complexity index is 34.2. The first-order valence-corrected chi connectivity index (χ1v) is 2.91. The van der Waals surface area contributed by atoms with E-state index in [-0.39, 0.29) is 0 Å². The second-order valence-electron chi connectivity index (χ2n) is 1.81. The molecule has 0 aromatic carbocycles. The van der Waals surface area contributed by atoms with E-state index in [0.29, 0.717) is 0 Å². The Hall–Kier alpha value is -0.440. The largest absolute Gasteiger partial charge is 0.317 e. The van der Waals surface area contributed by atoms with E-state index in [9.17, 15) is 0 Å². The van der Waals surface area contributed by atoms with Crippen molar-refractivity contribution in [1.29, 1.82) is 5.59 Å². The maximum Gasteiger partial charge on any atom is -0.00489 e. The van der Waals surface area contributed by atoms with E-state index in [4.69, 9.17) is 4.91 Å². The van der Waals surface area contributed by atoms with Crippen molar-refractivity contribution in [3.8, 4) is 0 Å². The minimum absolute atomic E-state index is 1.25. The highest BCUT2D eigenvalue weighted by Crippen LogP contribution is 1.96. The Morgan fingerprint density at radius 2 is 1.50 bits per heavy atom. The van der Waals surface area contributed by atoms with Gasteiger partial charge in [0.05, 0.1) is 0 Å². The van der Waals surface area contributed by atoms with Crippen LogP contribution in [0.2, 0.25) is 0 Å². The van der Waals surface area contributed by atoms with E-state index < -0.39 is 0 Å². The lowest BCUT2D eigenvalue weighted by Gasteiger charge is -2.08. The van der Waals surface area contributed by atoms with E-state index in [1.165, 1.54) is 32.4 Å².